The molecule has 2 atom stereocenters. The zero-order valence-corrected chi connectivity index (χ0v) is 36.9. The molecule has 0 rings (SSSR count). The van der Waals surface area contributed by atoms with Crippen molar-refractivity contribution in [2.75, 3.05) is 6.61 Å². The molecule has 1 amide bonds. The van der Waals surface area contributed by atoms with E-state index in [1.165, 1.54) is 186 Å². The van der Waals surface area contributed by atoms with Gasteiger partial charge in [0, 0.05) is 6.42 Å². The monoisotopic (exact) mass is 770 g/mol. The number of hydrogen-bond acceptors (Lipinski definition) is 3. The van der Waals surface area contributed by atoms with Crippen LogP contribution in [0.5, 0.6) is 0 Å². The third kappa shape index (κ3) is 43.3. The highest BCUT2D eigenvalue weighted by molar-refractivity contribution is 5.76. The van der Waals surface area contributed by atoms with E-state index in [1.54, 1.807) is 6.08 Å². The third-order valence-electron chi connectivity index (χ3n) is 11.0. The molecule has 0 saturated carbocycles. The largest absolute Gasteiger partial charge is 0.394 e. The maximum absolute atomic E-state index is 12.4. The number of aliphatic hydroxyl groups is 2. The molecule has 0 aromatic carbocycles. The summed E-state index contributed by atoms with van der Waals surface area (Å²) >= 11 is 0. The van der Waals surface area contributed by atoms with Crippen LogP contribution in [-0.4, -0.2) is 34.9 Å². The van der Waals surface area contributed by atoms with E-state index < -0.39 is 12.1 Å². The molecule has 0 spiro atoms. The first-order chi connectivity index (χ1) is 27.2. The summed E-state index contributed by atoms with van der Waals surface area (Å²) in [6.45, 7) is 4.18. The van der Waals surface area contributed by atoms with Gasteiger partial charge < -0.3 is 15.5 Å². The van der Waals surface area contributed by atoms with Crippen molar-refractivity contribution in [1.29, 1.82) is 0 Å². The highest BCUT2D eigenvalue weighted by Crippen LogP contribution is 2.16. The number of carbonyl (C=O) groups is 1. The van der Waals surface area contributed by atoms with Crippen LogP contribution in [0, 0.1) is 0 Å². The number of unbranched alkanes of at least 4 members (excludes halogenated alkanes) is 31. The van der Waals surface area contributed by atoms with Gasteiger partial charge in [-0.3, -0.25) is 4.79 Å². The molecule has 322 valence electrons. The zero-order valence-electron chi connectivity index (χ0n) is 36.9. The van der Waals surface area contributed by atoms with Crippen LogP contribution in [0.2, 0.25) is 0 Å². The first-order valence-corrected chi connectivity index (χ1v) is 24.4. The molecule has 55 heavy (non-hydrogen) atoms. The molecule has 0 aromatic rings. The molecule has 0 bridgehead atoms. The van der Waals surface area contributed by atoms with Gasteiger partial charge in [-0.2, -0.15) is 0 Å². The predicted octanol–water partition coefficient (Wildman–Crippen LogP) is 15.5. The van der Waals surface area contributed by atoms with Crippen molar-refractivity contribution in [3.8, 4) is 0 Å². The maximum Gasteiger partial charge on any atom is 0.220 e. The predicted molar refractivity (Wildman–Crippen MR) is 244 cm³/mol. The molecule has 4 heteroatoms. The number of hydrogen-bond donors (Lipinski definition) is 3. The van der Waals surface area contributed by atoms with Crippen molar-refractivity contribution in [3.63, 3.8) is 0 Å². The number of carbonyl (C=O) groups excluding carboxylic acids is 1. The number of rotatable bonds is 44. The summed E-state index contributed by atoms with van der Waals surface area (Å²) in [7, 11) is 0. The van der Waals surface area contributed by atoms with Gasteiger partial charge in [0.1, 0.15) is 0 Å². The lowest BCUT2D eigenvalue weighted by molar-refractivity contribution is -0.123. The fourth-order valence-corrected chi connectivity index (χ4v) is 7.33. The fraction of sp³-hybridized carbons (Fsp3) is 0.824. The van der Waals surface area contributed by atoms with Gasteiger partial charge in [-0.1, -0.05) is 229 Å². The Bertz CT molecular complexity index is 877. The molecule has 0 aliphatic heterocycles. The summed E-state index contributed by atoms with van der Waals surface area (Å²) < 4.78 is 0. The van der Waals surface area contributed by atoms with E-state index in [0.717, 1.165) is 44.9 Å². The van der Waals surface area contributed by atoms with Gasteiger partial charge in [-0.05, 0) is 64.2 Å². The van der Waals surface area contributed by atoms with Crippen molar-refractivity contribution in [2.45, 2.75) is 264 Å². The highest BCUT2D eigenvalue weighted by atomic mass is 16.3. The molecule has 0 fully saturated rings. The first-order valence-electron chi connectivity index (χ1n) is 24.4. The Morgan fingerprint density at radius 2 is 0.764 bits per heavy atom. The minimum atomic E-state index is -0.867. The van der Waals surface area contributed by atoms with Crippen molar-refractivity contribution in [3.05, 3.63) is 48.6 Å². The quantitative estimate of drug-likeness (QED) is 0.0427. The zero-order chi connectivity index (χ0) is 40.0. The Kier molecular flexibility index (Phi) is 45.3. The van der Waals surface area contributed by atoms with Gasteiger partial charge in [0.25, 0.3) is 0 Å². The summed E-state index contributed by atoms with van der Waals surface area (Å²) in [4.78, 5) is 12.4. The van der Waals surface area contributed by atoms with Crippen LogP contribution >= 0.6 is 0 Å². The first kappa shape index (κ1) is 53.4. The molecule has 2 unspecified atom stereocenters. The summed E-state index contributed by atoms with van der Waals surface area (Å²) in [5, 5.41) is 22.9. The molecule has 0 aromatic heterocycles. The van der Waals surface area contributed by atoms with E-state index in [2.05, 4.69) is 55.6 Å². The lowest BCUT2D eigenvalue weighted by atomic mass is 10.0. The van der Waals surface area contributed by atoms with Crippen LogP contribution < -0.4 is 5.32 Å². The standard InChI is InChI=1S/C51H95NO3/c1-3-5-7-9-11-13-15-16-17-18-19-20-21-22-23-24-25-26-27-28-29-30-31-32-33-34-35-36-37-39-41-43-45-47-51(55)52-49(48-53)50(54)46-44-42-40-38-14-12-10-8-6-4-2/h6,8,14,22-23,38,44,46,49-50,53-54H,3-5,7,9-13,15-21,24-37,39-43,45,47-48H2,1-2H3,(H,52,55)/b8-6+,23-22-,38-14+,46-44+. The second-order valence-corrected chi connectivity index (χ2v) is 16.5. The molecule has 0 saturated heterocycles. The second kappa shape index (κ2) is 46.7. The summed E-state index contributed by atoms with van der Waals surface area (Å²) in [6, 6.07) is -0.643. The number of nitrogens with one attached hydrogen (secondary N) is 1. The van der Waals surface area contributed by atoms with Gasteiger partial charge >= 0.3 is 0 Å². The van der Waals surface area contributed by atoms with Crippen LogP contribution in [0.3, 0.4) is 0 Å². The highest BCUT2D eigenvalue weighted by Gasteiger charge is 2.17. The average molecular weight is 770 g/mol. The normalized spacial score (nSPS) is 13.3. The van der Waals surface area contributed by atoms with Crippen molar-refractivity contribution < 1.29 is 15.0 Å². The molecule has 0 radical (unpaired) electrons. The van der Waals surface area contributed by atoms with Crippen LogP contribution in [0.4, 0.5) is 0 Å². The Hall–Kier alpha value is -1.65. The van der Waals surface area contributed by atoms with E-state index in [4.69, 9.17) is 0 Å². The Morgan fingerprint density at radius 3 is 1.15 bits per heavy atom. The average Bonchev–Trinajstić information content (AvgIpc) is 3.19. The van der Waals surface area contributed by atoms with Gasteiger partial charge in [-0.15, -0.1) is 0 Å². The van der Waals surface area contributed by atoms with Crippen LogP contribution in [0.1, 0.15) is 251 Å². The van der Waals surface area contributed by atoms with E-state index in [9.17, 15) is 15.0 Å². The summed E-state index contributed by atoms with van der Waals surface area (Å²) in [5.74, 6) is -0.0787. The number of amides is 1. The Labute approximate surface area is 344 Å². The topological polar surface area (TPSA) is 69.6 Å². The van der Waals surface area contributed by atoms with Crippen LogP contribution in [0.15, 0.2) is 48.6 Å². The number of allylic oxidation sites excluding steroid dienone is 7. The van der Waals surface area contributed by atoms with Crippen LogP contribution in [0.25, 0.3) is 0 Å². The van der Waals surface area contributed by atoms with E-state index in [0.29, 0.717) is 6.42 Å². The number of aliphatic hydroxyl groups excluding tert-OH is 2. The van der Waals surface area contributed by atoms with E-state index in [-0.39, 0.29) is 12.5 Å². The molecular formula is C51H95NO3. The molecule has 0 heterocycles. The smallest absolute Gasteiger partial charge is 0.220 e. The van der Waals surface area contributed by atoms with Crippen molar-refractivity contribution in [2.24, 2.45) is 0 Å². The second-order valence-electron chi connectivity index (χ2n) is 16.5. The van der Waals surface area contributed by atoms with Gasteiger partial charge in [0.15, 0.2) is 0 Å². The van der Waals surface area contributed by atoms with Crippen molar-refractivity contribution in [1.82, 2.24) is 5.32 Å². The molecule has 0 aliphatic carbocycles. The van der Waals surface area contributed by atoms with Crippen LogP contribution in [-0.2, 0) is 4.79 Å². The third-order valence-corrected chi connectivity index (χ3v) is 11.0. The van der Waals surface area contributed by atoms with E-state index >= 15 is 0 Å². The van der Waals surface area contributed by atoms with Crippen molar-refractivity contribution >= 4 is 5.91 Å². The molecule has 4 nitrogen and oxygen atoms in total. The molecule has 3 N–H and O–H groups in total. The lowest BCUT2D eigenvalue weighted by Gasteiger charge is -2.19. The maximum atomic E-state index is 12.4. The Balaban J connectivity index is 3.42. The SMILES string of the molecule is CC/C=C/CC/C=C/CC/C=C/C(O)C(CO)NC(=O)CCCCCCCCCCCCCCCCCCC/C=C\CCCCCCCCCCCCCC. The summed E-state index contributed by atoms with van der Waals surface area (Å²) in [6.07, 6.45) is 64.1. The molecule has 0 aliphatic rings. The van der Waals surface area contributed by atoms with Gasteiger partial charge in [0.2, 0.25) is 5.91 Å². The minimum absolute atomic E-state index is 0.0787. The minimum Gasteiger partial charge on any atom is -0.394 e. The lowest BCUT2D eigenvalue weighted by Crippen LogP contribution is -2.45. The Morgan fingerprint density at radius 1 is 0.436 bits per heavy atom. The van der Waals surface area contributed by atoms with Gasteiger partial charge in [0.05, 0.1) is 18.8 Å². The van der Waals surface area contributed by atoms with E-state index in [1.807, 2.05) is 6.08 Å². The summed E-state index contributed by atoms with van der Waals surface area (Å²) in [5.41, 5.74) is 0. The fourth-order valence-electron chi connectivity index (χ4n) is 7.33. The molecular weight excluding hydrogens is 675 g/mol. The van der Waals surface area contributed by atoms with Gasteiger partial charge in [-0.25, -0.2) is 0 Å².